The summed E-state index contributed by atoms with van der Waals surface area (Å²) in [6.07, 6.45) is 19.2. The summed E-state index contributed by atoms with van der Waals surface area (Å²) in [5.41, 5.74) is 0. The van der Waals surface area contributed by atoms with Gasteiger partial charge in [0.25, 0.3) is 0 Å². The normalized spacial score (nSPS) is 16.9. The summed E-state index contributed by atoms with van der Waals surface area (Å²) in [6.45, 7) is 3.14. The highest BCUT2D eigenvalue weighted by Gasteiger charge is 2.23. The van der Waals surface area contributed by atoms with Crippen molar-refractivity contribution >= 4 is 11.8 Å². The Hall–Kier alpha value is -0.900. The molecule has 25 heavy (non-hydrogen) atoms. The monoisotopic (exact) mass is 352 g/mol. The van der Waals surface area contributed by atoms with Gasteiger partial charge in [0.15, 0.2) is 0 Å². The summed E-state index contributed by atoms with van der Waals surface area (Å²) in [7, 11) is 0. The lowest BCUT2D eigenvalue weighted by molar-refractivity contribution is -0.131. The molecular formula is C21H40N2O2. The topological polar surface area (TPSA) is 58.2 Å². The van der Waals surface area contributed by atoms with Crippen molar-refractivity contribution < 1.29 is 9.59 Å². The van der Waals surface area contributed by atoms with E-state index in [1.807, 2.05) is 0 Å². The third-order valence-corrected chi connectivity index (χ3v) is 5.15. The highest BCUT2D eigenvalue weighted by atomic mass is 16.2. The lowest BCUT2D eigenvalue weighted by atomic mass is 10.0. The molecule has 0 aromatic rings. The van der Waals surface area contributed by atoms with Gasteiger partial charge in [0.2, 0.25) is 11.8 Å². The van der Waals surface area contributed by atoms with E-state index >= 15 is 0 Å². The van der Waals surface area contributed by atoms with Crippen molar-refractivity contribution in [2.75, 3.05) is 6.54 Å². The molecule has 0 aliphatic carbocycles. The van der Waals surface area contributed by atoms with E-state index in [-0.39, 0.29) is 17.9 Å². The summed E-state index contributed by atoms with van der Waals surface area (Å²) in [5.74, 6) is -0.251. The molecule has 0 saturated carbocycles. The average Bonchev–Trinajstić information content (AvgIpc) is 3.13. The number of unbranched alkanes of at least 4 members (excludes halogenated alkanes) is 12. The molecule has 4 nitrogen and oxygen atoms in total. The quantitative estimate of drug-likeness (QED) is 0.414. The molecule has 1 aliphatic heterocycles. The van der Waals surface area contributed by atoms with Crippen molar-refractivity contribution in [1.82, 2.24) is 10.6 Å². The van der Waals surface area contributed by atoms with Gasteiger partial charge < -0.3 is 5.32 Å². The van der Waals surface area contributed by atoms with Gasteiger partial charge in [0.1, 0.15) is 0 Å². The first-order chi connectivity index (χ1) is 12.2. The molecule has 0 bridgehead atoms. The van der Waals surface area contributed by atoms with Crippen LogP contribution in [-0.2, 0) is 9.59 Å². The van der Waals surface area contributed by atoms with Crippen molar-refractivity contribution in [3.63, 3.8) is 0 Å². The summed E-state index contributed by atoms with van der Waals surface area (Å²) >= 11 is 0. The van der Waals surface area contributed by atoms with Gasteiger partial charge in [-0.2, -0.15) is 0 Å². The number of imide groups is 1. The van der Waals surface area contributed by atoms with E-state index in [0.717, 1.165) is 32.2 Å². The van der Waals surface area contributed by atoms with E-state index in [1.165, 1.54) is 70.6 Å². The smallest absolute Gasteiger partial charge is 0.243 e. The maximum Gasteiger partial charge on any atom is 0.243 e. The minimum atomic E-state index is -0.157. The zero-order valence-corrected chi connectivity index (χ0v) is 16.4. The Labute approximate surface area is 154 Å². The fourth-order valence-electron chi connectivity index (χ4n) is 3.50. The van der Waals surface area contributed by atoms with Crippen LogP contribution in [0.5, 0.6) is 0 Å². The van der Waals surface area contributed by atoms with Gasteiger partial charge in [-0.15, -0.1) is 0 Å². The van der Waals surface area contributed by atoms with Crippen LogP contribution in [0.15, 0.2) is 0 Å². The van der Waals surface area contributed by atoms with Crippen LogP contribution < -0.4 is 10.6 Å². The Balaban J connectivity index is 1.80. The maximum atomic E-state index is 11.8. The molecule has 2 N–H and O–H groups in total. The van der Waals surface area contributed by atoms with Crippen LogP contribution in [-0.4, -0.2) is 24.4 Å². The van der Waals surface area contributed by atoms with Gasteiger partial charge in [0.05, 0.1) is 6.04 Å². The lowest BCUT2D eigenvalue weighted by Gasteiger charge is -2.09. The van der Waals surface area contributed by atoms with Crippen molar-refractivity contribution in [1.29, 1.82) is 0 Å². The van der Waals surface area contributed by atoms with Gasteiger partial charge in [0, 0.05) is 6.42 Å². The Bertz CT molecular complexity index is 352. The SMILES string of the molecule is CCCCCCCCCCCCCCCC(=O)NC(=O)[C@@H]1CCCN1. The maximum absolute atomic E-state index is 11.8. The van der Waals surface area contributed by atoms with Crippen molar-refractivity contribution in [3.05, 3.63) is 0 Å². The van der Waals surface area contributed by atoms with E-state index in [9.17, 15) is 9.59 Å². The van der Waals surface area contributed by atoms with E-state index < -0.39 is 0 Å². The number of hydrogen-bond donors (Lipinski definition) is 2. The first-order valence-corrected chi connectivity index (χ1v) is 10.8. The molecular weight excluding hydrogens is 312 g/mol. The highest BCUT2D eigenvalue weighted by Crippen LogP contribution is 2.13. The van der Waals surface area contributed by atoms with Crippen molar-refractivity contribution in [2.45, 2.75) is 116 Å². The third-order valence-electron chi connectivity index (χ3n) is 5.15. The van der Waals surface area contributed by atoms with Crippen LogP contribution in [0.25, 0.3) is 0 Å². The molecule has 1 atom stereocenters. The number of rotatable bonds is 15. The molecule has 0 aromatic carbocycles. The Kier molecular flexibility index (Phi) is 13.6. The van der Waals surface area contributed by atoms with Gasteiger partial charge >= 0.3 is 0 Å². The summed E-state index contributed by atoms with van der Waals surface area (Å²) < 4.78 is 0. The fourth-order valence-corrected chi connectivity index (χ4v) is 3.50. The fraction of sp³-hybridized carbons (Fsp3) is 0.905. The largest absolute Gasteiger partial charge is 0.306 e. The first kappa shape index (κ1) is 22.1. The summed E-state index contributed by atoms with van der Waals surface area (Å²) in [6, 6.07) is -0.157. The van der Waals surface area contributed by atoms with Crippen LogP contribution in [0.4, 0.5) is 0 Å². The molecule has 1 rings (SSSR count). The standard InChI is InChI=1S/C21H40N2O2/c1-2-3-4-5-6-7-8-9-10-11-12-13-14-17-20(24)23-21(25)19-16-15-18-22-19/h19,22H,2-18H2,1H3,(H,23,24,25)/t19-/m0/s1. The molecule has 1 fully saturated rings. The predicted octanol–water partition coefficient (Wildman–Crippen LogP) is 4.86. The molecule has 0 unspecified atom stereocenters. The number of hydrogen-bond acceptors (Lipinski definition) is 3. The van der Waals surface area contributed by atoms with Gasteiger partial charge in [-0.25, -0.2) is 0 Å². The summed E-state index contributed by atoms with van der Waals surface area (Å²) in [4.78, 5) is 23.5. The lowest BCUT2D eigenvalue weighted by Crippen LogP contribution is -2.43. The number of carbonyl (C=O) groups excluding carboxylic acids is 2. The third kappa shape index (κ3) is 12.1. The van der Waals surface area contributed by atoms with Gasteiger partial charge in [-0.1, -0.05) is 84.0 Å². The molecule has 4 heteroatoms. The second kappa shape index (κ2) is 15.4. The van der Waals surface area contributed by atoms with Crippen LogP contribution >= 0.6 is 0 Å². The predicted molar refractivity (Wildman–Crippen MR) is 104 cm³/mol. The van der Waals surface area contributed by atoms with Crippen molar-refractivity contribution in [3.8, 4) is 0 Å². The second-order valence-electron chi connectivity index (χ2n) is 7.55. The van der Waals surface area contributed by atoms with Crippen LogP contribution in [0.1, 0.15) is 110 Å². The molecule has 0 radical (unpaired) electrons. The van der Waals surface area contributed by atoms with Crippen LogP contribution in [0.2, 0.25) is 0 Å². The first-order valence-electron chi connectivity index (χ1n) is 10.8. The second-order valence-corrected chi connectivity index (χ2v) is 7.55. The number of nitrogens with one attached hydrogen (secondary N) is 2. The van der Waals surface area contributed by atoms with Gasteiger partial charge in [-0.05, 0) is 25.8 Å². The average molecular weight is 353 g/mol. The zero-order valence-electron chi connectivity index (χ0n) is 16.4. The molecule has 1 heterocycles. The zero-order chi connectivity index (χ0) is 18.2. The number of amides is 2. The molecule has 0 spiro atoms. The Morgan fingerprint density at radius 1 is 0.840 bits per heavy atom. The molecule has 146 valence electrons. The van der Waals surface area contributed by atoms with Crippen LogP contribution in [0, 0.1) is 0 Å². The molecule has 1 saturated heterocycles. The van der Waals surface area contributed by atoms with Crippen LogP contribution in [0.3, 0.4) is 0 Å². The Morgan fingerprint density at radius 3 is 1.84 bits per heavy atom. The van der Waals surface area contributed by atoms with Gasteiger partial charge in [-0.3, -0.25) is 14.9 Å². The van der Waals surface area contributed by atoms with E-state index in [1.54, 1.807) is 0 Å². The number of carbonyl (C=O) groups is 2. The van der Waals surface area contributed by atoms with E-state index in [0.29, 0.717) is 6.42 Å². The molecule has 2 amide bonds. The summed E-state index contributed by atoms with van der Waals surface area (Å²) in [5, 5.41) is 5.64. The van der Waals surface area contributed by atoms with Crippen molar-refractivity contribution in [2.24, 2.45) is 0 Å². The van der Waals surface area contributed by atoms with E-state index in [4.69, 9.17) is 0 Å². The molecule has 0 aromatic heterocycles. The van der Waals surface area contributed by atoms with E-state index in [2.05, 4.69) is 17.6 Å². The minimum Gasteiger partial charge on any atom is -0.306 e. The molecule has 1 aliphatic rings. The Morgan fingerprint density at radius 2 is 1.36 bits per heavy atom. The highest BCUT2D eigenvalue weighted by molar-refractivity contribution is 5.97. The minimum absolute atomic E-state index is 0.109.